The number of likely N-dealkylation sites (N-methyl/N-ethyl adjacent to an activating group) is 1. The Hall–Kier alpha value is -1.84. The number of carbonyl (C=O) groups is 2. The van der Waals surface area contributed by atoms with E-state index in [4.69, 9.17) is 0 Å². The summed E-state index contributed by atoms with van der Waals surface area (Å²) in [5.41, 5.74) is 2.11. The monoisotopic (exact) mass is 260 g/mol. The van der Waals surface area contributed by atoms with Gasteiger partial charge < -0.3 is 10.2 Å². The fraction of sp³-hybridized carbons (Fsp3) is 0.467. The van der Waals surface area contributed by atoms with E-state index in [0.29, 0.717) is 6.42 Å². The number of hydrogen-bond donors (Lipinski definition) is 1. The van der Waals surface area contributed by atoms with Crippen LogP contribution in [-0.4, -0.2) is 36.3 Å². The van der Waals surface area contributed by atoms with Gasteiger partial charge in [0.1, 0.15) is 6.04 Å². The van der Waals surface area contributed by atoms with Gasteiger partial charge in [-0.1, -0.05) is 24.3 Å². The third-order valence-electron chi connectivity index (χ3n) is 3.61. The van der Waals surface area contributed by atoms with E-state index in [9.17, 15) is 9.59 Å². The van der Waals surface area contributed by atoms with Crippen LogP contribution in [-0.2, 0) is 16.0 Å². The molecule has 1 aromatic carbocycles. The summed E-state index contributed by atoms with van der Waals surface area (Å²) in [5, 5.41) is 2.84. The van der Waals surface area contributed by atoms with E-state index in [1.165, 1.54) is 0 Å². The molecule has 1 aromatic rings. The van der Waals surface area contributed by atoms with Crippen molar-refractivity contribution in [2.24, 2.45) is 0 Å². The van der Waals surface area contributed by atoms with E-state index >= 15 is 0 Å². The van der Waals surface area contributed by atoms with Crippen molar-refractivity contribution >= 4 is 11.8 Å². The summed E-state index contributed by atoms with van der Waals surface area (Å²) >= 11 is 0. The van der Waals surface area contributed by atoms with Gasteiger partial charge in [-0.3, -0.25) is 9.59 Å². The Balaban J connectivity index is 1.94. The van der Waals surface area contributed by atoms with Crippen molar-refractivity contribution in [3.8, 4) is 0 Å². The summed E-state index contributed by atoms with van der Waals surface area (Å²) in [6, 6.07) is 7.47. The van der Waals surface area contributed by atoms with Crippen molar-refractivity contribution in [1.29, 1.82) is 0 Å². The van der Waals surface area contributed by atoms with Crippen molar-refractivity contribution in [3.05, 3.63) is 35.4 Å². The van der Waals surface area contributed by atoms with Gasteiger partial charge in [-0.05, 0) is 30.9 Å². The lowest BCUT2D eigenvalue weighted by Crippen LogP contribution is -2.51. The number of nitrogens with one attached hydrogen (secondary N) is 1. The molecule has 0 bridgehead atoms. The molecule has 102 valence electrons. The zero-order chi connectivity index (χ0) is 13.8. The van der Waals surface area contributed by atoms with E-state index < -0.39 is 0 Å². The van der Waals surface area contributed by atoms with Crippen molar-refractivity contribution in [2.75, 3.05) is 13.6 Å². The fourth-order valence-corrected chi connectivity index (χ4v) is 2.39. The average Bonchev–Trinajstić information content (AvgIpc) is 2.38. The Morgan fingerprint density at radius 1 is 1.42 bits per heavy atom. The van der Waals surface area contributed by atoms with Crippen molar-refractivity contribution in [2.45, 2.75) is 32.2 Å². The molecule has 19 heavy (non-hydrogen) atoms. The highest BCUT2D eigenvalue weighted by Crippen LogP contribution is 2.11. The maximum atomic E-state index is 12.0. The number of likely N-dealkylation sites (tertiary alicyclic amines) is 1. The van der Waals surface area contributed by atoms with Crippen LogP contribution in [0.15, 0.2) is 24.3 Å². The molecule has 0 aromatic heterocycles. The largest absolute Gasteiger partial charge is 0.344 e. The van der Waals surface area contributed by atoms with Gasteiger partial charge in [-0.15, -0.1) is 0 Å². The molecule has 1 unspecified atom stereocenters. The molecular weight excluding hydrogens is 240 g/mol. The number of piperidine rings is 1. The third-order valence-corrected chi connectivity index (χ3v) is 3.61. The summed E-state index contributed by atoms with van der Waals surface area (Å²) in [6.45, 7) is 2.77. The molecule has 4 nitrogen and oxygen atoms in total. The fourth-order valence-electron chi connectivity index (χ4n) is 2.39. The first-order valence-electron chi connectivity index (χ1n) is 6.67. The third kappa shape index (κ3) is 3.34. The van der Waals surface area contributed by atoms with Gasteiger partial charge in [-0.25, -0.2) is 0 Å². The summed E-state index contributed by atoms with van der Waals surface area (Å²) in [4.78, 5) is 25.6. The van der Waals surface area contributed by atoms with Gasteiger partial charge >= 0.3 is 0 Å². The second-order valence-corrected chi connectivity index (χ2v) is 5.13. The first-order valence-corrected chi connectivity index (χ1v) is 6.67. The standard InChI is InChI=1S/C15H20N2O2/c1-11-6-3-4-7-12(11)10-14(18)16-13-8-5-9-17(2)15(13)19/h3-4,6-7,13H,5,8-10H2,1-2H3,(H,16,18). The zero-order valence-corrected chi connectivity index (χ0v) is 11.5. The van der Waals surface area contributed by atoms with Gasteiger partial charge in [-0.2, -0.15) is 0 Å². The van der Waals surface area contributed by atoms with E-state index in [1.54, 1.807) is 11.9 Å². The second-order valence-electron chi connectivity index (χ2n) is 5.13. The zero-order valence-electron chi connectivity index (χ0n) is 11.5. The number of carbonyl (C=O) groups excluding carboxylic acids is 2. The molecule has 0 spiro atoms. The smallest absolute Gasteiger partial charge is 0.244 e. The normalized spacial score (nSPS) is 19.4. The minimum Gasteiger partial charge on any atom is -0.344 e. The Bertz CT molecular complexity index is 485. The predicted molar refractivity (Wildman–Crippen MR) is 73.7 cm³/mol. The van der Waals surface area contributed by atoms with Crippen LogP contribution in [0, 0.1) is 6.92 Å². The number of nitrogens with zero attached hydrogens (tertiary/aromatic N) is 1. The van der Waals surface area contributed by atoms with Crippen molar-refractivity contribution < 1.29 is 9.59 Å². The highest BCUT2D eigenvalue weighted by molar-refractivity contribution is 5.88. The minimum absolute atomic E-state index is 0.0179. The molecule has 1 aliphatic heterocycles. The highest BCUT2D eigenvalue weighted by Gasteiger charge is 2.27. The molecule has 2 rings (SSSR count). The molecular formula is C15H20N2O2. The molecule has 2 amide bonds. The van der Waals surface area contributed by atoms with E-state index in [-0.39, 0.29) is 17.9 Å². The quantitative estimate of drug-likeness (QED) is 0.890. The summed E-state index contributed by atoms with van der Waals surface area (Å²) in [6.07, 6.45) is 2.01. The Morgan fingerprint density at radius 2 is 2.16 bits per heavy atom. The molecule has 1 saturated heterocycles. The predicted octanol–water partition coefficient (Wildman–Crippen LogP) is 1.27. The molecule has 1 atom stereocenters. The number of amides is 2. The van der Waals surface area contributed by atoms with Crippen LogP contribution >= 0.6 is 0 Å². The van der Waals surface area contributed by atoms with Crippen LogP contribution in [0.4, 0.5) is 0 Å². The minimum atomic E-state index is -0.352. The van der Waals surface area contributed by atoms with Gasteiger partial charge in [0.2, 0.25) is 11.8 Å². The molecule has 1 fully saturated rings. The summed E-state index contributed by atoms with van der Waals surface area (Å²) < 4.78 is 0. The molecule has 0 saturated carbocycles. The Labute approximate surface area is 113 Å². The Kier molecular flexibility index (Phi) is 4.20. The van der Waals surface area contributed by atoms with Gasteiger partial charge in [0.05, 0.1) is 6.42 Å². The van der Waals surface area contributed by atoms with Crippen molar-refractivity contribution in [3.63, 3.8) is 0 Å². The topological polar surface area (TPSA) is 49.4 Å². The second kappa shape index (κ2) is 5.87. The van der Waals surface area contributed by atoms with Crippen LogP contribution in [0.2, 0.25) is 0 Å². The van der Waals surface area contributed by atoms with E-state index in [2.05, 4.69) is 5.32 Å². The summed E-state index contributed by atoms with van der Waals surface area (Å²) in [7, 11) is 1.78. The maximum absolute atomic E-state index is 12.0. The lowest BCUT2D eigenvalue weighted by atomic mass is 10.0. The Morgan fingerprint density at radius 3 is 2.89 bits per heavy atom. The van der Waals surface area contributed by atoms with Crippen LogP contribution in [0.3, 0.4) is 0 Å². The molecule has 0 aliphatic carbocycles. The molecule has 0 radical (unpaired) electrons. The molecule has 4 heteroatoms. The highest BCUT2D eigenvalue weighted by atomic mass is 16.2. The van der Waals surface area contributed by atoms with Crippen LogP contribution < -0.4 is 5.32 Å². The van der Waals surface area contributed by atoms with Gasteiger partial charge in [0.25, 0.3) is 0 Å². The van der Waals surface area contributed by atoms with Gasteiger partial charge in [0, 0.05) is 13.6 Å². The molecule has 1 heterocycles. The number of rotatable bonds is 3. The lowest BCUT2D eigenvalue weighted by molar-refractivity contribution is -0.137. The van der Waals surface area contributed by atoms with Crippen molar-refractivity contribution in [1.82, 2.24) is 10.2 Å². The number of benzene rings is 1. The summed E-state index contributed by atoms with van der Waals surface area (Å²) in [5.74, 6) is -0.0627. The maximum Gasteiger partial charge on any atom is 0.244 e. The number of hydrogen-bond acceptors (Lipinski definition) is 2. The van der Waals surface area contributed by atoms with Gasteiger partial charge in [0.15, 0.2) is 0 Å². The SMILES string of the molecule is Cc1ccccc1CC(=O)NC1CCCN(C)C1=O. The first-order chi connectivity index (χ1) is 9.08. The number of aryl methyl sites for hydroxylation is 1. The van der Waals surface area contributed by atoms with Crippen LogP contribution in [0.25, 0.3) is 0 Å². The van der Waals surface area contributed by atoms with Crippen LogP contribution in [0.5, 0.6) is 0 Å². The van der Waals surface area contributed by atoms with Crippen LogP contribution in [0.1, 0.15) is 24.0 Å². The first kappa shape index (κ1) is 13.6. The van der Waals surface area contributed by atoms with E-state index in [1.807, 2.05) is 31.2 Å². The lowest BCUT2D eigenvalue weighted by Gasteiger charge is -2.29. The molecule has 1 N–H and O–H groups in total. The van der Waals surface area contributed by atoms with E-state index in [0.717, 1.165) is 30.5 Å². The molecule has 1 aliphatic rings. The average molecular weight is 260 g/mol.